The van der Waals surface area contributed by atoms with Crippen LogP contribution in [0.3, 0.4) is 0 Å². The molecule has 1 aromatic carbocycles. The Morgan fingerprint density at radius 1 is 1.19 bits per heavy atom. The van der Waals surface area contributed by atoms with Crippen LogP contribution in [0.1, 0.15) is 32.3 Å². The third-order valence-corrected chi connectivity index (χ3v) is 4.59. The normalized spacial score (nSPS) is 16.6. The van der Waals surface area contributed by atoms with Gasteiger partial charge in [-0.2, -0.15) is 0 Å². The smallest absolute Gasteiger partial charge is 0.246 e. The number of benzene rings is 1. The van der Waals surface area contributed by atoms with Crippen LogP contribution in [0.15, 0.2) is 24.3 Å². The van der Waals surface area contributed by atoms with E-state index in [0.29, 0.717) is 31.5 Å². The van der Waals surface area contributed by atoms with Crippen molar-refractivity contribution < 1.29 is 18.8 Å². The van der Waals surface area contributed by atoms with Gasteiger partial charge < -0.3 is 21.7 Å². The zero-order valence-electron chi connectivity index (χ0n) is 15.0. The van der Waals surface area contributed by atoms with E-state index in [1.165, 1.54) is 38.1 Å². The van der Waals surface area contributed by atoms with Crippen molar-refractivity contribution in [2.24, 2.45) is 5.73 Å². The van der Waals surface area contributed by atoms with Crippen molar-refractivity contribution in [2.75, 3.05) is 13.1 Å². The number of nitrogens with two attached hydrogens (primary N) is 1. The zero-order chi connectivity index (χ0) is 19.4. The maximum Gasteiger partial charge on any atom is 0.246 e. The Hall–Kier alpha value is -2.48. The average molecular weight is 364 g/mol. The largest absolute Gasteiger partial charge is 0.368 e. The standard InChI is InChI=1S/C18H25FN4O3/c1-17(2,15(20)25)23-16(26)18(7-9-21-10-8-18)22-14(24)11-12-3-5-13(19)6-4-12/h3-6,21H,7-11H2,1-2H3,(H2,20,25)(H,22,24)(H,23,26). The molecule has 142 valence electrons. The number of nitrogens with one attached hydrogen (secondary N) is 3. The fourth-order valence-corrected chi connectivity index (χ4v) is 2.83. The minimum atomic E-state index is -1.23. The number of primary amides is 1. The van der Waals surface area contributed by atoms with E-state index in [2.05, 4.69) is 16.0 Å². The molecule has 0 aliphatic carbocycles. The van der Waals surface area contributed by atoms with E-state index in [-0.39, 0.29) is 18.1 Å². The van der Waals surface area contributed by atoms with Gasteiger partial charge in [-0.1, -0.05) is 12.1 Å². The highest BCUT2D eigenvalue weighted by molar-refractivity contribution is 5.96. The first kappa shape index (κ1) is 19.8. The van der Waals surface area contributed by atoms with Gasteiger partial charge in [-0.25, -0.2) is 4.39 Å². The summed E-state index contributed by atoms with van der Waals surface area (Å²) in [6.45, 7) is 4.15. The first-order chi connectivity index (χ1) is 12.1. The molecule has 8 heteroatoms. The number of hydrogen-bond acceptors (Lipinski definition) is 4. The lowest BCUT2D eigenvalue weighted by Crippen LogP contribution is -2.67. The second-order valence-corrected chi connectivity index (χ2v) is 7.13. The van der Waals surface area contributed by atoms with Gasteiger partial charge in [-0.05, 0) is 57.5 Å². The van der Waals surface area contributed by atoms with E-state index in [1.54, 1.807) is 0 Å². The maximum absolute atomic E-state index is 13.0. The number of carbonyl (C=O) groups is 3. The van der Waals surface area contributed by atoms with Crippen LogP contribution in [0, 0.1) is 5.82 Å². The summed E-state index contributed by atoms with van der Waals surface area (Å²) in [5, 5.41) is 8.60. The van der Waals surface area contributed by atoms with Gasteiger partial charge in [-0.3, -0.25) is 14.4 Å². The molecular formula is C18H25FN4O3. The van der Waals surface area contributed by atoms with E-state index in [1.807, 2.05) is 0 Å². The van der Waals surface area contributed by atoms with Crippen LogP contribution in [0.5, 0.6) is 0 Å². The molecule has 3 amide bonds. The molecule has 1 aromatic rings. The molecule has 0 bridgehead atoms. The van der Waals surface area contributed by atoms with Crippen LogP contribution in [0.4, 0.5) is 4.39 Å². The van der Waals surface area contributed by atoms with Gasteiger partial charge in [-0.15, -0.1) is 0 Å². The Morgan fingerprint density at radius 3 is 2.31 bits per heavy atom. The fourth-order valence-electron chi connectivity index (χ4n) is 2.83. The molecule has 0 atom stereocenters. The summed E-state index contributed by atoms with van der Waals surface area (Å²) in [6, 6.07) is 5.62. The third-order valence-electron chi connectivity index (χ3n) is 4.59. The Labute approximate surface area is 151 Å². The van der Waals surface area contributed by atoms with Crippen LogP contribution in [0.25, 0.3) is 0 Å². The molecule has 2 rings (SSSR count). The predicted molar refractivity (Wildman–Crippen MR) is 94.5 cm³/mol. The Morgan fingerprint density at radius 2 is 1.77 bits per heavy atom. The monoisotopic (exact) mass is 364 g/mol. The van der Waals surface area contributed by atoms with Crippen molar-refractivity contribution in [3.8, 4) is 0 Å². The molecule has 5 N–H and O–H groups in total. The van der Waals surface area contributed by atoms with Gasteiger partial charge in [0.05, 0.1) is 6.42 Å². The summed E-state index contributed by atoms with van der Waals surface area (Å²) in [5.41, 5.74) is 3.63. The van der Waals surface area contributed by atoms with Crippen molar-refractivity contribution in [1.29, 1.82) is 0 Å². The number of carbonyl (C=O) groups excluding carboxylic acids is 3. The molecule has 1 saturated heterocycles. The van der Waals surface area contributed by atoms with Crippen LogP contribution in [-0.4, -0.2) is 41.9 Å². The average Bonchev–Trinajstić information content (AvgIpc) is 2.57. The second-order valence-electron chi connectivity index (χ2n) is 7.13. The van der Waals surface area contributed by atoms with Gasteiger partial charge in [0.15, 0.2) is 0 Å². The molecule has 0 radical (unpaired) electrons. The van der Waals surface area contributed by atoms with Crippen LogP contribution in [-0.2, 0) is 20.8 Å². The molecule has 0 aromatic heterocycles. The number of rotatable bonds is 6. The number of amides is 3. The first-order valence-electron chi connectivity index (χ1n) is 8.53. The molecule has 0 unspecified atom stereocenters. The second kappa shape index (κ2) is 7.82. The third kappa shape index (κ3) is 4.78. The molecule has 1 aliphatic rings. The van der Waals surface area contributed by atoms with Gasteiger partial charge in [0.25, 0.3) is 0 Å². The van der Waals surface area contributed by atoms with Crippen LogP contribution in [0.2, 0.25) is 0 Å². The highest BCUT2D eigenvalue weighted by Gasteiger charge is 2.43. The summed E-state index contributed by atoms with van der Waals surface area (Å²) in [5.74, 6) is -1.81. The Balaban J connectivity index is 2.12. The summed E-state index contributed by atoms with van der Waals surface area (Å²) in [6.07, 6.45) is 0.813. The van der Waals surface area contributed by atoms with Crippen LogP contribution < -0.4 is 21.7 Å². The van der Waals surface area contributed by atoms with Gasteiger partial charge in [0.2, 0.25) is 17.7 Å². The summed E-state index contributed by atoms with van der Waals surface area (Å²) in [4.78, 5) is 36.9. The fraction of sp³-hybridized carbons (Fsp3) is 0.500. The molecule has 26 heavy (non-hydrogen) atoms. The van der Waals surface area contributed by atoms with Crippen molar-refractivity contribution in [1.82, 2.24) is 16.0 Å². The summed E-state index contributed by atoms with van der Waals surface area (Å²) in [7, 11) is 0. The van der Waals surface area contributed by atoms with E-state index in [0.717, 1.165) is 0 Å². The molecule has 1 heterocycles. The molecular weight excluding hydrogens is 339 g/mol. The lowest BCUT2D eigenvalue weighted by atomic mass is 9.85. The molecule has 0 saturated carbocycles. The lowest BCUT2D eigenvalue weighted by molar-refractivity contribution is -0.138. The quantitative estimate of drug-likeness (QED) is 0.568. The molecule has 1 aliphatic heterocycles. The van der Waals surface area contributed by atoms with Crippen molar-refractivity contribution in [2.45, 2.75) is 44.2 Å². The van der Waals surface area contributed by atoms with Crippen molar-refractivity contribution >= 4 is 17.7 Å². The molecule has 0 spiro atoms. The minimum absolute atomic E-state index is 0.0297. The van der Waals surface area contributed by atoms with Crippen LogP contribution >= 0.6 is 0 Å². The van der Waals surface area contributed by atoms with E-state index >= 15 is 0 Å². The number of piperidine rings is 1. The number of hydrogen-bond donors (Lipinski definition) is 4. The Bertz CT molecular complexity index is 682. The zero-order valence-corrected chi connectivity index (χ0v) is 15.0. The minimum Gasteiger partial charge on any atom is -0.368 e. The highest BCUT2D eigenvalue weighted by Crippen LogP contribution is 2.21. The summed E-state index contributed by atoms with van der Waals surface area (Å²) < 4.78 is 13.0. The van der Waals surface area contributed by atoms with E-state index < -0.39 is 22.9 Å². The van der Waals surface area contributed by atoms with Gasteiger partial charge >= 0.3 is 0 Å². The number of halogens is 1. The lowest BCUT2D eigenvalue weighted by Gasteiger charge is -2.39. The highest BCUT2D eigenvalue weighted by atomic mass is 19.1. The maximum atomic E-state index is 13.0. The molecule has 7 nitrogen and oxygen atoms in total. The van der Waals surface area contributed by atoms with E-state index in [9.17, 15) is 18.8 Å². The summed E-state index contributed by atoms with van der Waals surface area (Å²) >= 11 is 0. The topological polar surface area (TPSA) is 113 Å². The van der Waals surface area contributed by atoms with Gasteiger partial charge in [0, 0.05) is 0 Å². The van der Waals surface area contributed by atoms with Gasteiger partial charge in [0.1, 0.15) is 16.9 Å². The van der Waals surface area contributed by atoms with Crippen molar-refractivity contribution in [3.05, 3.63) is 35.6 Å². The molecule has 1 fully saturated rings. The predicted octanol–water partition coefficient (Wildman–Crippen LogP) is -0.0133. The SMILES string of the molecule is CC(C)(NC(=O)C1(NC(=O)Cc2ccc(F)cc2)CCNCC1)C(N)=O. The van der Waals surface area contributed by atoms with Crippen molar-refractivity contribution in [3.63, 3.8) is 0 Å². The van der Waals surface area contributed by atoms with E-state index in [4.69, 9.17) is 5.73 Å². The Kier molecular flexibility index (Phi) is 5.97. The first-order valence-corrected chi connectivity index (χ1v) is 8.53.